The van der Waals surface area contributed by atoms with Gasteiger partial charge in [0.05, 0.1) is 17.2 Å². The first-order valence-corrected chi connectivity index (χ1v) is 7.97. The summed E-state index contributed by atoms with van der Waals surface area (Å²) in [6, 6.07) is 5.78. The Bertz CT molecular complexity index is 745. The molecule has 0 fully saturated rings. The fourth-order valence-electron chi connectivity index (χ4n) is 2.49. The normalized spacial score (nSPS) is 11.8. The predicted octanol–water partition coefficient (Wildman–Crippen LogP) is 1.63. The maximum atomic E-state index is 12.4. The van der Waals surface area contributed by atoms with Crippen molar-refractivity contribution in [3.8, 4) is 0 Å². The molecule has 2 N–H and O–H groups in total. The number of carbonyl (C=O) groups excluding carboxylic acids is 1. The molecular weight excluding hydrogens is 328 g/mol. The number of nitrogens with zero attached hydrogens (tertiary/aromatic N) is 2. The summed E-state index contributed by atoms with van der Waals surface area (Å²) >= 11 is 0. The maximum absolute atomic E-state index is 12.4. The van der Waals surface area contributed by atoms with Crippen LogP contribution < -0.4 is 16.2 Å². The molecule has 0 saturated heterocycles. The van der Waals surface area contributed by atoms with E-state index in [-0.39, 0.29) is 36.3 Å². The molecule has 132 valence electrons. The van der Waals surface area contributed by atoms with E-state index < -0.39 is 0 Å². The monoisotopic (exact) mass is 352 g/mol. The number of carbonyl (C=O) groups is 1. The van der Waals surface area contributed by atoms with Crippen molar-refractivity contribution in [2.45, 2.75) is 39.8 Å². The number of aromatic nitrogens is 2. The molecule has 1 atom stereocenters. The molecule has 0 aliphatic heterocycles. The van der Waals surface area contributed by atoms with E-state index in [4.69, 9.17) is 0 Å². The van der Waals surface area contributed by atoms with Crippen molar-refractivity contribution in [1.82, 2.24) is 20.2 Å². The van der Waals surface area contributed by atoms with Crippen LogP contribution in [0.2, 0.25) is 0 Å². The van der Waals surface area contributed by atoms with Gasteiger partial charge in [-0.25, -0.2) is 4.98 Å². The smallest absolute Gasteiger partial charge is 0.261 e. The topological polar surface area (TPSA) is 76.0 Å². The van der Waals surface area contributed by atoms with E-state index >= 15 is 0 Å². The molecule has 0 unspecified atom stereocenters. The van der Waals surface area contributed by atoms with Gasteiger partial charge < -0.3 is 10.6 Å². The van der Waals surface area contributed by atoms with Crippen molar-refractivity contribution >= 4 is 29.2 Å². The lowest BCUT2D eigenvalue weighted by Crippen LogP contribution is -2.39. The molecule has 0 aliphatic rings. The Labute approximate surface area is 148 Å². The predicted molar refractivity (Wildman–Crippen MR) is 98.8 cm³/mol. The number of likely N-dealkylation sites (N-methyl/N-ethyl adjacent to an activating group) is 1. The highest BCUT2D eigenvalue weighted by Gasteiger charge is 2.08. The minimum absolute atomic E-state index is 0. The molecule has 1 amide bonds. The van der Waals surface area contributed by atoms with Crippen molar-refractivity contribution in [3.05, 3.63) is 40.4 Å². The lowest BCUT2D eigenvalue weighted by atomic mass is 10.1. The summed E-state index contributed by atoms with van der Waals surface area (Å²) < 4.78 is 1.50. The SMILES string of the molecule is CCN[C@H](C)CNC(=O)CCn1cnc2c(C)cccc2c1=O.Cl. The van der Waals surface area contributed by atoms with Gasteiger partial charge in [-0.3, -0.25) is 14.2 Å². The molecule has 0 bridgehead atoms. The number of rotatable bonds is 7. The molecule has 0 aliphatic carbocycles. The van der Waals surface area contributed by atoms with E-state index in [2.05, 4.69) is 15.6 Å². The number of hydrogen-bond donors (Lipinski definition) is 2. The number of amides is 1. The van der Waals surface area contributed by atoms with Crippen LogP contribution in [0.15, 0.2) is 29.3 Å². The summed E-state index contributed by atoms with van der Waals surface area (Å²) in [6.07, 6.45) is 1.78. The number of halogens is 1. The Kier molecular flexibility index (Phi) is 7.88. The van der Waals surface area contributed by atoms with Crippen molar-refractivity contribution in [2.24, 2.45) is 0 Å². The van der Waals surface area contributed by atoms with E-state index in [1.54, 1.807) is 6.07 Å². The van der Waals surface area contributed by atoms with Crippen molar-refractivity contribution < 1.29 is 4.79 Å². The summed E-state index contributed by atoms with van der Waals surface area (Å²) in [4.78, 5) is 28.6. The Morgan fingerprint density at radius 2 is 2.12 bits per heavy atom. The van der Waals surface area contributed by atoms with E-state index in [0.29, 0.717) is 18.5 Å². The standard InChI is InChI=1S/C17H24N4O2.ClH/c1-4-18-13(3)10-19-15(22)8-9-21-11-20-16-12(2)6-5-7-14(16)17(21)23;/h5-7,11,13,18H,4,8-10H2,1-3H3,(H,19,22);1H/t13-;/m1./s1. The number of benzene rings is 1. The number of nitrogens with one attached hydrogen (secondary N) is 2. The summed E-state index contributed by atoms with van der Waals surface area (Å²) in [6.45, 7) is 7.75. The molecule has 2 aromatic rings. The van der Waals surface area contributed by atoms with Gasteiger partial charge in [0.15, 0.2) is 0 Å². The molecule has 1 heterocycles. The molecule has 0 radical (unpaired) electrons. The lowest BCUT2D eigenvalue weighted by Gasteiger charge is -2.13. The van der Waals surface area contributed by atoms with Gasteiger partial charge in [0.2, 0.25) is 5.91 Å². The summed E-state index contributed by atoms with van der Waals surface area (Å²) in [5, 5.41) is 6.69. The number of hydrogen-bond acceptors (Lipinski definition) is 4. The first kappa shape index (κ1) is 20.1. The van der Waals surface area contributed by atoms with Gasteiger partial charge in [-0.2, -0.15) is 0 Å². The second kappa shape index (κ2) is 9.39. The molecule has 1 aromatic heterocycles. The Morgan fingerprint density at radius 3 is 2.83 bits per heavy atom. The Balaban J connectivity index is 0.00000288. The van der Waals surface area contributed by atoms with Crippen LogP contribution in [0.4, 0.5) is 0 Å². The molecule has 6 nitrogen and oxygen atoms in total. The van der Waals surface area contributed by atoms with Gasteiger partial charge in [-0.05, 0) is 32.0 Å². The number of para-hydroxylation sites is 1. The summed E-state index contributed by atoms with van der Waals surface area (Å²) in [7, 11) is 0. The van der Waals surface area contributed by atoms with Crippen molar-refractivity contribution in [3.63, 3.8) is 0 Å². The zero-order valence-electron chi connectivity index (χ0n) is 14.3. The first-order valence-electron chi connectivity index (χ1n) is 7.97. The quantitative estimate of drug-likeness (QED) is 0.794. The Hall–Kier alpha value is -1.92. The zero-order chi connectivity index (χ0) is 16.8. The number of aryl methyl sites for hydroxylation is 2. The van der Waals surface area contributed by atoms with Gasteiger partial charge in [-0.1, -0.05) is 19.1 Å². The molecule has 7 heteroatoms. The fraction of sp³-hybridized carbons (Fsp3) is 0.471. The van der Waals surface area contributed by atoms with Crippen LogP contribution in [0.1, 0.15) is 25.8 Å². The fourth-order valence-corrected chi connectivity index (χ4v) is 2.49. The van der Waals surface area contributed by atoms with Crippen LogP contribution in [0.25, 0.3) is 10.9 Å². The third-order valence-corrected chi connectivity index (χ3v) is 3.79. The summed E-state index contributed by atoms with van der Waals surface area (Å²) in [5.41, 5.74) is 1.59. The molecule has 2 rings (SSSR count). The van der Waals surface area contributed by atoms with Gasteiger partial charge in [0.1, 0.15) is 0 Å². The van der Waals surface area contributed by atoms with E-state index in [9.17, 15) is 9.59 Å². The highest BCUT2D eigenvalue weighted by atomic mass is 35.5. The maximum Gasteiger partial charge on any atom is 0.261 e. The van der Waals surface area contributed by atoms with Crippen LogP contribution in [0.3, 0.4) is 0 Å². The Morgan fingerprint density at radius 1 is 1.38 bits per heavy atom. The van der Waals surface area contributed by atoms with Crippen LogP contribution in [0, 0.1) is 6.92 Å². The lowest BCUT2D eigenvalue weighted by molar-refractivity contribution is -0.121. The van der Waals surface area contributed by atoms with Gasteiger partial charge in [-0.15, -0.1) is 12.4 Å². The van der Waals surface area contributed by atoms with E-state index in [1.165, 1.54) is 10.9 Å². The molecule has 1 aromatic carbocycles. The highest BCUT2D eigenvalue weighted by Crippen LogP contribution is 2.11. The van der Waals surface area contributed by atoms with Crippen molar-refractivity contribution in [1.29, 1.82) is 0 Å². The van der Waals surface area contributed by atoms with Crippen LogP contribution in [-0.2, 0) is 11.3 Å². The highest BCUT2D eigenvalue weighted by molar-refractivity contribution is 5.85. The molecular formula is C17H25ClN4O2. The molecule has 0 saturated carbocycles. The zero-order valence-corrected chi connectivity index (χ0v) is 15.2. The van der Waals surface area contributed by atoms with Crippen LogP contribution in [-0.4, -0.2) is 34.6 Å². The minimum Gasteiger partial charge on any atom is -0.354 e. The van der Waals surface area contributed by atoms with Crippen molar-refractivity contribution in [2.75, 3.05) is 13.1 Å². The van der Waals surface area contributed by atoms with E-state index in [1.807, 2.05) is 32.9 Å². The van der Waals surface area contributed by atoms with E-state index in [0.717, 1.165) is 17.6 Å². The molecule has 0 spiro atoms. The molecule has 24 heavy (non-hydrogen) atoms. The second-order valence-corrected chi connectivity index (χ2v) is 5.73. The third kappa shape index (κ3) is 5.04. The minimum atomic E-state index is -0.104. The van der Waals surface area contributed by atoms with Gasteiger partial charge >= 0.3 is 0 Å². The second-order valence-electron chi connectivity index (χ2n) is 5.73. The largest absolute Gasteiger partial charge is 0.354 e. The van der Waals surface area contributed by atoms with Crippen LogP contribution in [0.5, 0.6) is 0 Å². The first-order chi connectivity index (χ1) is 11.0. The third-order valence-electron chi connectivity index (χ3n) is 3.79. The van der Waals surface area contributed by atoms with Crippen LogP contribution >= 0.6 is 12.4 Å². The number of fused-ring (bicyclic) bond motifs is 1. The average Bonchev–Trinajstić information content (AvgIpc) is 2.53. The van der Waals surface area contributed by atoms with Gasteiger partial charge in [0, 0.05) is 25.6 Å². The average molecular weight is 353 g/mol. The summed E-state index contributed by atoms with van der Waals surface area (Å²) in [5.74, 6) is -0.0639. The van der Waals surface area contributed by atoms with Gasteiger partial charge in [0.25, 0.3) is 5.56 Å².